The van der Waals surface area contributed by atoms with Gasteiger partial charge in [-0.3, -0.25) is 4.99 Å². The molecule has 0 bridgehead atoms. The first kappa shape index (κ1) is 13.8. The Balaban J connectivity index is 0. The summed E-state index contributed by atoms with van der Waals surface area (Å²) in [5.41, 5.74) is 10.2. The molecule has 0 rings (SSSR count). The van der Waals surface area contributed by atoms with Gasteiger partial charge >= 0.3 is 0 Å². The highest BCUT2D eigenvalue weighted by molar-refractivity contribution is 5.75. The number of nitrogens with zero attached hydrogens (tertiary/aromatic N) is 1. The van der Waals surface area contributed by atoms with Crippen molar-refractivity contribution in [3.63, 3.8) is 0 Å². The van der Waals surface area contributed by atoms with E-state index in [4.69, 9.17) is 11.5 Å². The van der Waals surface area contributed by atoms with Crippen LogP contribution in [-0.2, 0) is 0 Å². The van der Waals surface area contributed by atoms with E-state index in [2.05, 4.69) is 10.3 Å². The Morgan fingerprint density at radius 3 is 2.25 bits per heavy atom. The Morgan fingerprint density at radius 1 is 1.25 bits per heavy atom. The van der Waals surface area contributed by atoms with Gasteiger partial charge in [-0.1, -0.05) is 13.8 Å². The number of hydrogen-bond donors (Lipinski definition) is 3. The van der Waals surface area contributed by atoms with Crippen molar-refractivity contribution in [2.45, 2.75) is 26.7 Å². The summed E-state index contributed by atoms with van der Waals surface area (Å²) in [6, 6.07) is 0. The number of rotatable bonds is 5. The van der Waals surface area contributed by atoms with Gasteiger partial charge in [0.1, 0.15) is 0 Å². The third-order valence-corrected chi connectivity index (χ3v) is 1.13. The van der Waals surface area contributed by atoms with Crippen LogP contribution in [0.1, 0.15) is 26.7 Å². The van der Waals surface area contributed by atoms with E-state index < -0.39 is 0 Å². The molecule has 0 heterocycles. The van der Waals surface area contributed by atoms with Crippen LogP contribution < -0.4 is 16.8 Å². The summed E-state index contributed by atoms with van der Waals surface area (Å²) < 4.78 is 0. The summed E-state index contributed by atoms with van der Waals surface area (Å²) in [5.74, 6) is 0.185. The van der Waals surface area contributed by atoms with Crippen molar-refractivity contribution in [2.24, 2.45) is 16.5 Å². The second kappa shape index (κ2) is 12.9. The molecular weight excluding hydrogens is 152 g/mol. The zero-order chi connectivity index (χ0) is 9.82. The smallest absolute Gasteiger partial charge is 0.185 e. The second-order valence-corrected chi connectivity index (χ2v) is 2.12. The van der Waals surface area contributed by atoms with Crippen LogP contribution in [0.4, 0.5) is 0 Å². The third kappa shape index (κ3) is 16.1. The molecule has 0 fully saturated rings. The van der Waals surface area contributed by atoms with Gasteiger partial charge in [-0.2, -0.15) is 0 Å². The van der Waals surface area contributed by atoms with E-state index in [1.807, 2.05) is 20.9 Å². The molecule has 5 N–H and O–H groups in total. The molecule has 0 spiro atoms. The van der Waals surface area contributed by atoms with E-state index >= 15 is 0 Å². The maximum absolute atomic E-state index is 5.12. The van der Waals surface area contributed by atoms with Gasteiger partial charge in [0.05, 0.1) is 0 Å². The normalized spacial score (nSPS) is 8.25. The minimum Gasteiger partial charge on any atom is -0.370 e. The summed E-state index contributed by atoms with van der Waals surface area (Å²) in [6.07, 6.45) is 2.16. The largest absolute Gasteiger partial charge is 0.370 e. The van der Waals surface area contributed by atoms with Crippen LogP contribution in [0.25, 0.3) is 0 Å². The minimum absolute atomic E-state index is 0.185. The van der Waals surface area contributed by atoms with E-state index in [1.54, 1.807) is 0 Å². The fourth-order valence-corrected chi connectivity index (χ4v) is 0.622. The first-order chi connectivity index (χ1) is 5.77. The van der Waals surface area contributed by atoms with Gasteiger partial charge in [-0.05, 0) is 26.4 Å². The molecule has 0 aliphatic rings. The summed E-state index contributed by atoms with van der Waals surface area (Å²) in [7, 11) is 1.93. The van der Waals surface area contributed by atoms with Crippen LogP contribution in [0.15, 0.2) is 4.99 Å². The van der Waals surface area contributed by atoms with Crippen molar-refractivity contribution < 1.29 is 0 Å². The Morgan fingerprint density at radius 2 is 1.83 bits per heavy atom. The first-order valence-electron chi connectivity index (χ1n) is 4.47. The van der Waals surface area contributed by atoms with E-state index in [0.29, 0.717) is 0 Å². The lowest BCUT2D eigenvalue weighted by molar-refractivity contribution is 0.684. The van der Waals surface area contributed by atoms with E-state index in [9.17, 15) is 0 Å². The van der Waals surface area contributed by atoms with Crippen molar-refractivity contribution in [3.8, 4) is 0 Å². The Hall–Kier alpha value is -0.770. The predicted molar refractivity (Wildman–Crippen MR) is 55.2 cm³/mol. The maximum Gasteiger partial charge on any atom is 0.185 e. The van der Waals surface area contributed by atoms with Gasteiger partial charge in [0.2, 0.25) is 0 Å². The molecule has 0 saturated heterocycles. The molecular formula is C8H22N4. The molecule has 0 atom stereocenters. The van der Waals surface area contributed by atoms with Crippen molar-refractivity contribution in [1.29, 1.82) is 0 Å². The molecule has 0 aromatic carbocycles. The number of nitrogens with one attached hydrogen (secondary N) is 1. The zero-order valence-corrected chi connectivity index (χ0v) is 8.43. The topological polar surface area (TPSA) is 76.4 Å². The monoisotopic (exact) mass is 174 g/mol. The van der Waals surface area contributed by atoms with Crippen LogP contribution in [-0.4, -0.2) is 26.1 Å². The molecule has 0 saturated carbocycles. The van der Waals surface area contributed by atoms with Crippen LogP contribution in [0.2, 0.25) is 0 Å². The molecule has 4 nitrogen and oxygen atoms in total. The number of guanidine groups is 1. The summed E-state index contributed by atoms with van der Waals surface area (Å²) >= 11 is 0. The second-order valence-electron chi connectivity index (χ2n) is 2.12. The van der Waals surface area contributed by atoms with Crippen molar-refractivity contribution in [1.82, 2.24) is 5.32 Å². The molecule has 4 heteroatoms. The predicted octanol–water partition coefficient (Wildman–Crippen LogP) is 0.286. The number of aliphatic imine (C=N–C) groups is 1. The number of hydrogen-bond acceptors (Lipinski definition) is 2. The van der Waals surface area contributed by atoms with Crippen LogP contribution in [0.5, 0.6) is 0 Å². The van der Waals surface area contributed by atoms with Gasteiger partial charge < -0.3 is 16.8 Å². The lowest BCUT2D eigenvalue weighted by Crippen LogP contribution is -2.23. The van der Waals surface area contributed by atoms with E-state index in [0.717, 1.165) is 25.9 Å². The van der Waals surface area contributed by atoms with Crippen LogP contribution in [0, 0.1) is 0 Å². The van der Waals surface area contributed by atoms with Gasteiger partial charge in [0, 0.05) is 6.54 Å². The van der Waals surface area contributed by atoms with Gasteiger partial charge in [-0.15, -0.1) is 0 Å². The standard InChI is InChI=1S/C6H16N4.C2H6/c1-9-4-2-3-5-10-6(7)8;1-2/h9H,2-5H2,1H3,(H4,7,8,10);1-2H3. The van der Waals surface area contributed by atoms with Crippen molar-refractivity contribution in [2.75, 3.05) is 20.1 Å². The SMILES string of the molecule is CC.CNCCCCN=C(N)N. The highest BCUT2D eigenvalue weighted by atomic mass is 15.0. The molecule has 12 heavy (non-hydrogen) atoms. The molecule has 0 radical (unpaired) electrons. The van der Waals surface area contributed by atoms with Gasteiger partial charge in [-0.25, -0.2) is 0 Å². The van der Waals surface area contributed by atoms with Gasteiger partial charge in [0.25, 0.3) is 0 Å². The minimum atomic E-state index is 0.185. The summed E-state index contributed by atoms with van der Waals surface area (Å²) in [5, 5.41) is 3.04. The van der Waals surface area contributed by atoms with Crippen LogP contribution in [0.3, 0.4) is 0 Å². The Labute approximate surface area is 75.4 Å². The summed E-state index contributed by atoms with van der Waals surface area (Å²) in [6.45, 7) is 5.77. The Bertz CT molecular complexity index is 97.2. The van der Waals surface area contributed by atoms with Gasteiger partial charge in [0.15, 0.2) is 5.96 Å². The van der Waals surface area contributed by atoms with Crippen molar-refractivity contribution >= 4 is 5.96 Å². The molecule has 0 aromatic rings. The Kier molecular flexibility index (Phi) is 14.8. The zero-order valence-electron chi connectivity index (χ0n) is 8.43. The van der Waals surface area contributed by atoms with Crippen molar-refractivity contribution in [3.05, 3.63) is 0 Å². The number of nitrogens with two attached hydrogens (primary N) is 2. The molecule has 0 aromatic heterocycles. The maximum atomic E-state index is 5.12. The highest BCUT2D eigenvalue weighted by Crippen LogP contribution is 1.85. The fourth-order valence-electron chi connectivity index (χ4n) is 0.622. The fraction of sp³-hybridized carbons (Fsp3) is 0.875. The molecule has 0 unspecified atom stereocenters. The lowest BCUT2D eigenvalue weighted by atomic mass is 10.3. The average molecular weight is 174 g/mol. The third-order valence-electron chi connectivity index (χ3n) is 1.13. The molecule has 0 aliphatic heterocycles. The summed E-state index contributed by atoms with van der Waals surface area (Å²) in [4.78, 5) is 3.84. The highest BCUT2D eigenvalue weighted by Gasteiger charge is 1.84. The number of unbranched alkanes of at least 4 members (excludes halogenated alkanes) is 1. The average Bonchev–Trinajstić information content (AvgIpc) is 2.07. The lowest BCUT2D eigenvalue weighted by Gasteiger charge is -1.95. The van der Waals surface area contributed by atoms with Crippen LogP contribution >= 0.6 is 0 Å². The quantitative estimate of drug-likeness (QED) is 0.318. The van der Waals surface area contributed by atoms with E-state index in [-0.39, 0.29) is 5.96 Å². The molecule has 74 valence electrons. The first-order valence-corrected chi connectivity index (χ1v) is 4.47. The van der Waals surface area contributed by atoms with E-state index in [1.165, 1.54) is 0 Å². The molecule has 0 aliphatic carbocycles. The molecule has 0 amide bonds.